The van der Waals surface area contributed by atoms with Gasteiger partial charge in [-0.15, -0.1) is 0 Å². The van der Waals surface area contributed by atoms with E-state index >= 15 is 0 Å². The molecular formula is C14H26N2O4. The lowest BCUT2D eigenvalue weighted by atomic mass is 9.78. The molecule has 2 amide bonds. The Balaban J connectivity index is 2.42. The Bertz CT molecular complexity index is 335. The molecule has 0 aromatic carbocycles. The van der Waals surface area contributed by atoms with Gasteiger partial charge in [-0.1, -0.05) is 6.92 Å². The van der Waals surface area contributed by atoms with E-state index < -0.39 is 11.4 Å². The highest BCUT2D eigenvalue weighted by atomic mass is 16.5. The lowest BCUT2D eigenvalue weighted by Gasteiger charge is -2.39. The van der Waals surface area contributed by atoms with Crippen LogP contribution < -0.4 is 5.32 Å². The number of unbranched alkanes of at least 4 members (excludes halogenated alkanes) is 1. The number of ether oxygens (including phenoxy) is 1. The first kappa shape index (κ1) is 16.8. The molecule has 6 heteroatoms. The average Bonchev–Trinajstić information content (AvgIpc) is 2.46. The molecule has 6 nitrogen and oxygen atoms in total. The van der Waals surface area contributed by atoms with Gasteiger partial charge in [0.05, 0.1) is 5.41 Å². The molecule has 1 aliphatic heterocycles. The average molecular weight is 286 g/mol. The van der Waals surface area contributed by atoms with E-state index in [1.807, 2.05) is 6.92 Å². The smallest absolute Gasteiger partial charge is 0.317 e. The van der Waals surface area contributed by atoms with Gasteiger partial charge in [-0.3, -0.25) is 4.79 Å². The van der Waals surface area contributed by atoms with Crippen LogP contribution >= 0.6 is 0 Å². The maximum absolute atomic E-state index is 12.0. The van der Waals surface area contributed by atoms with Crippen LogP contribution in [0.4, 0.5) is 4.79 Å². The van der Waals surface area contributed by atoms with Crippen LogP contribution in [0.3, 0.4) is 0 Å². The van der Waals surface area contributed by atoms with E-state index in [4.69, 9.17) is 4.74 Å². The molecule has 1 aliphatic rings. The zero-order chi connectivity index (χ0) is 15.0. The van der Waals surface area contributed by atoms with E-state index in [1.165, 1.54) is 0 Å². The van der Waals surface area contributed by atoms with Crippen LogP contribution in [0.5, 0.6) is 0 Å². The second-order valence-electron chi connectivity index (χ2n) is 5.40. The number of urea groups is 1. The molecule has 2 N–H and O–H groups in total. The predicted molar refractivity (Wildman–Crippen MR) is 75.7 cm³/mol. The maximum Gasteiger partial charge on any atom is 0.317 e. The van der Waals surface area contributed by atoms with Gasteiger partial charge in [0.2, 0.25) is 0 Å². The highest BCUT2D eigenvalue weighted by molar-refractivity contribution is 5.78. The SMILES string of the molecule is CCC1(C(=O)O)CCCN(C(=O)NCCCCOC)C1. The summed E-state index contributed by atoms with van der Waals surface area (Å²) in [4.78, 5) is 25.1. The van der Waals surface area contributed by atoms with Gasteiger partial charge in [0.1, 0.15) is 0 Å². The van der Waals surface area contributed by atoms with Crippen molar-refractivity contribution in [2.24, 2.45) is 5.41 Å². The van der Waals surface area contributed by atoms with Crippen molar-refractivity contribution >= 4 is 12.0 Å². The lowest BCUT2D eigenvalue weighted by Crippen LogP contribution is -2.52. The molecule has 0 spiro atoms. The molecule has 20 heavy (non-hydrogen) atoms. The minimum absolute atomic E-state index is 0.152. The number of amides is 2. The minimum atomic E-state index is -0.794. The summed E-state index contributed by atoms with van der Waals surface area (Å²) >= 11 is 0. The number of rotatable bonds is 7. The number of likely N-dealkylation sites (tertiary alicyclic amines) is 1. The normalized spacial score (nSPS) is 22.6. The molecule has 116 valence electrons. The fraction of sp³-hybridized carbons (Fsp3) is 0.857. The van der Waals surface area contributed by atoms with E-state index in [2.05, 4.69) is 5.32 Å². The molecule has 0 aliphatic carbocycles. The molecule has 1 fully saturated rings. The van der Waals surface area contributed by atoms with Gasteiger partial charge in [0.15, 0.2) is 0 Å². The molecule has 0 bridgehead atoms. The highest BCUT2D eigenvalue weighted by Gasteiger charge is 2.42. The highest BCUT2D eigenvalue weighted by Crippen LogP contribution is 2.33. The van der Waals surface area contributed by atoms with Crippen molar-refractivity contribution in [2.45, 2.75) is 39.0 Å². The Morgan fingerprint density at radius 3 is 2.75 bits per heavy atom. The molecular weight excluding hydrogens is 260 g/mol. The van der Waals surface area contributed by atoms with E-state index in [-0.39, 0.29) is 6.03 Å². The third kappa shape index (κ3) is 4.37. The van der Waals surface area contributed by atoms with Crippen molar-refractivity contribution in [2.75, 3.05) is 33.4 Å². The Morgan fingerprint density at radius 1 is 1.40 bits per heavy atom. The second-order valence-corrected chi connectivity index (χ2v) is 5.40. The minimum Gasteiger partial charge on any atom is -0.481 e. The van der Waals surface area contributed by atoms with Crippen LogP contribution in [-0.4, -0.2) is 55.4 Å². The summed E-state index contributed by atoms with van der Waals surface area (Å²) in [5, 5.41) is 12.2. The zero-order valence-corrected chi connectivity index (χ0v) is 12.5. The summed E-state index contributed by atoms with van der Waals surface area (Å²) < 4.78 is 4.95. The molecule has 1 heterocycles. The Kier molecular flexibility index (Phi) is 6.78. The Hall–Kier alpha value is -1.30. The topological polar surface area (TPSA) is 78.9 Å². The number of piperidine rings is 1. The van der Waals surface area contributed by atoms with E-state index in [1.54, 1.807) is 12.0 Å². The quantitative estimate of drug-likeness (QED) is 0.698. The summed E-state index contributed by atoms with van der Waals surface area (Å²) in [6.45, 7) is 4.12. The van der Waals surface area contributed by atoms with Crippen molar-refractivity contribution in [1.82, 2.24) is 10.2 Å². The monoisotopic (exact) mass is 286 g/mol. The van der Waals surface area contributed by atoms with Gasteiger partial charge in [0, 0.05) is 33.4 Å². The first-order chi connectivity index (χ1) is 9.55. The van der Waals surface area contributed by atoms with Gasteiger partial charge in [-0.05, 0) is 32.1 Å². The number of carboxylic acid groups (broad SMARTS) is 1. The summed E-state index contributed by atoms with van der Waals surface area (Å²) in [5.41, 5.74) is -0.772. The summed E-state index contributed by atoms with van der Waals surface area (Å²) in [6, 6.07) is -0.152. The summed E-state index contributed by atoms with van der Waals surface area (Å²) in [5.74, 6) is -0.794. The van der Waals surface area contributed by atoms with Gasteiger partial charge >= 0.3 is 12.0 Å². The van der Waals surface area contributed by atoms with Crippen molar-refractivity contribution in [3.63, 3.8) is 0 Å². The summed E-state index contributed by atoms with van der Waals surface area (Å²) in [6.07, 6.45) is 3.73. The Labute approximate surface area is 120 Å². The van der Waals surface area contributed by atoms with Gasteiger partial charge in [-0.2, -0.15) is 0 Å². The number of hydrogen-bond donors (Lipinski definition) is 2. The number of nitrogens with zero attached hydrogens (tertiary/aromatic N) is 1. The van der Waals surface area contributed by atoms with Crippen molar-refractivity contribution < 1.29 is 19.4 Å². The van der Waals surface area contributed by atoms with E-state index in [0.717, 1.165) is 19.3 Å². The van der Waals surface area contributed by atoms with Crippen molar-refractivity contribution in [3.05, 3.63) is 0 Å². The second kappa shape index (κ2) is 8.09. The number of carboxylic acids is 1. The number of hydrogen-bond acceptors (Lipinski definition) is 3. The number of aliphatic carboxylic acids is 1. The third-order valence-corrected chi connectivity index (χ3v) is 4.05. The van der Waals surface area contributed by atoms with Crippen LogP contribution in [0.15, 0.2) is 0 Å². The maximum atomic E-state index is 12.0. The lowest BCUT2D eigenvalue weighted by molar-refractivity contribution is -0.152. The third-order valence-electron chi connectivity index (χ3n) is 4.05. The predicted octanol–water partition coefficient (Wildman–Crippen LogP) is 1.70. The molecule has 0 radical (unpaired) electrons. The summed E-state index contributed by atoms with van der Waals surface area (Å²) in [7, 11) is 1.66. The number of methoxy groups -OCH3 is 1. The van der Waals surface area contributed by atoms with Gasteiger partial charge < -0.3 is 20.1 Å². The zero-order valence-electron chi connectivity index (χ0n) is 12.5. The van der Waals surface area contributed by atoms with Crippen molar-refractivity contribution in [1.29, 1.82) is 0 Å². The molecule has 0 aromatic rings. The molecule has 1 rings (SSSR count). The van der Waals surface area contributed by atoms with E-state index in [9.17, 15) is 14.7 Å². The van der Waals surface area contributed by atoms with Crippen LogP contribution in [0.2, 0.25) is 0 Å². The number of carbonyl (C=O) groups is 2. The van der Waals surface area contributed by atoms with Gasteiger partial charge in [-0.25, -0.2) is 4.79 Å². The standard InChI is InChI=1S/C14H26N2O4/c1-3-14(12(17)18)7-6-9-16(11-14)13(19)15-8-4-5-10-20-2/h3-11H2,1-2H3,(H,15,19)(H,17,18). The van der Waals surface area contributed by atoms with E-state index in [0.29, 0.717) is 39.1 Å². The number of nitrogens with one attached hydrogen (secondary N) is 1. The van der Waals surface area contributed by atoms with Gasteiger partial charge in [0.25, 0.3) is 0 Å². The molecule has 1 atom stereocenters. The first-order valence-electron chi connectivity index (χ1n) is 7.31. The molecule has 0 aromatic heterocycles. The largest absolute Gasteiger partial charge is 0.481 e. The van der Waals surface area contributed by atoms with Crippen LogP contribution in [0.1, 0.15) is 39.0 Å². The fourth-order valence-corrected chi connectivity index (χ4v) is 2.60. The molecule has 1 saturated heterocycles. The van der Waals surface area contributed by atoms with Crippen LogP contribution in [-0.2, 0) is 9.53 Å². The Morgan fingerprint density at radius 2 is 2.15 bits per heavy atom. The fourth-order valence-electron chi connectivity index (χ4n) is 2.60. The molecule has 0 saturated carbocycles. The van der Waals surface area contributed by atoms with Crippen molar-refractivity contribution in [3.8, 4) is 0 Å². The molecule has 1 unspecified atom stereocenters. The van der Waals surface area contributed by atoms with Crippen LogP contribution in [0, 0.1) is 5.41 Å². The first-order valence-corrected chi connectivity index (χ1v) is 7.31. The number of carbonyl (C=O) groups excluding carboxylic acids is 1. The van der Waals surface area contributed by atoms with Crippen LogP contribution in [0.25, 0.3) is 0 Å².